The lowest BCUT2D eigenvalue weighted by molar-refractivity contribution is 0.485. The number of nitrogens with zero attached hydrogens (tertiary/aromatic N) is 1. The first-order valence-corrected chi connectivity index (χ1v) is 5.37. The van der Waals surface area contributed by atoms with E-state index in [1.54, 1.807) is 0 Å². The van der Waals surface area contributed by atoms with Crippen LogP contribution in [0.5, 0.6) is 0 Å². The summed E-state index contributed by atoms with van der Waals surface area (Å²) in [4.78, 5) is 2.37. The summed E-state index contributed by atoms with van der Waals surface area (Å²) < 4.78 is 0. The van der Waals surface area contributed by atoms with Crippen LogP contribution in [0.25, 0.3) is 0 Å². The van der Waals surface area contributed by atoms with Gasteiger partial charge in [0.2, 0.25) is 0 Å². The summed E-state index contributed by atoms with van der Waals surface area (Å²) >= 11 is 5.96. The second kappa shape index (κ2) is 4.20. The molecule has 1 fully saturated rings. The minimum Gasteiger partial charge on any atom is -0.369 e. The fourth-order valence-electron chi connectivity index (χ4n) is 1.84. The Morgan fingerprint density at radius 2 is 2.36 bits per heavy atom. The molecule has 1 aliphatic rings. The van der Waals surface area contributed by atoms with Crippen molar-refractivity contribution < 1.29 is 0 Å². The van der Waals surface area contributed by atoms with E-state index in [2.05, 4.69) is 23.2 Å². The predicted octanol–water partition coefficient (Wildman–Crippen LogP) is 2.14. The molecule has 1 aromatic carbocycles. The molecule has 0 bridgehead atoms. The summed E-state index contributed by atoms with van der Waals surface area (Å²) in [5, 5.41) is 4.24. The maximum Gasteiger partial charge on any atom is 0.0426 e. The summed E-state index contributed by atoms with van der Waals surface area (Å²) in [7, 11) is 0. The Bertz CT molecular complexity index is 314. The van der Waals surface area contributed by atoms with Crippen LogP contribution >= 0.6 is 11.6 Å². The van der Waals surface area contributed by atoms with Crippen molar-refractivity contribution in [1.29, 1.82) is 0 Å². The monoisotopic (exact) mass is 210 g/mol. The van der Waals surface area contributed by atoms with Gasteiger partial charge in [-0.05, 0) is 25.1 Å². The first-order valence-electron chi connectivity index (χ1n) is 4.99. The van der Waals surface area contributed by atoms with Gasteiger partial charge in [0.25, 0.3) is 0 Å². The van der Waals surface area contributed by atoms with Gasteiger partial charge in [0.1, 0.15) is 0 Å². The third kappa shape index (κ3) is 2.20. The van der Waals surface area contributed by atoms with Crippen molar-refractivity contribution in [3.8, 4) is 0 Å². The zero-order valence-corrected chi connectivity index (χ0v) is 9.09. The maximum atomic E-state index is 5.96. The Labute approximate surface area is 89.9 Å². The Hall–Kier alpha value is -0.730. The molecule has 1 heterocycles. The van der Waals surface area contributed by atoms with E-state index < -0.39 is 0 Å². The van der Waals surface area contributed by atoms with E-state index in [1.807, 2.05) is 18.2 Å². The molecule has 1 N–H and O–H groups in total. The SMILES string of the molecule is C[C@H]1CN(c2cccc(Cl)c2)CCN1. The zero-order valence-electron chi connectivity index (χ0n) is 8.33. The van der Waals surface area contributed by atoms with E-state index in [0.717, 1.165) is 24.7 Å². The average molecular weight is 211 g/mol. The standard InChI is InChI=1S/C11H15ClN2/c1-9-8-14(6-5-13-9)11-4-2-3-10(12)7-11/h2-4,7,9,13H,5-6,8H2,1H3/t9-/m0/s1. The van der Waals surface area contributed by atoms with E-state index in [-0.39, 0.29) is 0 Å². The van der Waals surface area contributed by atoms with Crippen LogP contribution in [0.2, 0.25) is 5.02 Å². The van der Waals surface area contributed by atoms with Crippen molar-refractivity contribution in [3.63, 3.8) is 0 Å². The van der Waals surface area contributed by atoms with Crippen LogP contribution in [-0.4, -0.2) is 25.7 Å². The molecule has 3 heteroatoms. The van der Waals surface area contributed by atoms with E-state index in [4.69, 9.17) is 11.6 Å². The number of anilines is 1. The second-order valence-corrected chi connectivity index (χ2v) is 4.22. The minimum atomic E-state index is 0.558. The Kier molecular flexibility index (Phi) is 2.94. The van der Waals surface area contributed by atoms with Crippen molar-refractivity contribution in [2.24, 2.45) is 0 Å². The molecule has 0 spiro atoms. The van der Waals surface area contributed by atoms with Crippen molar-refractivity contribution in [2.75, 3.05) is 24.5 Å². The fraction of sp³-hybridized carbons (Fsp3) is 0.455. The Morgan fingerprint density at radius 1 is 1.50 bits per heavy atom. The smallest absolute Gasteiger partial charge is 0.0426 e. The van der Waals surface area contributed by atoms with E-state index >= 15 is 0 Å². The van der Waals surface area contributed by atoms with E-state index in [1.165, 1.54) is 5.69 Å². The highest BCUT2D eigenvalue weighted by Crippen LogP contribution is 2.20. The lowest BCUT2D eigenvalue weighted by Crippen LogP contribution is -2.49. The molecule has 1 saturated heterocycles. The molecule has 1 aliphatic heterocycles. The van der Waals surface area contributed by atoms with Gasteiger partial charge in [0.05, 0.1) is 0 Å². The Balaban J connectivity index is 2.14. The molecule has 76 valence electrons. The van der Waals surface area contributed by atoms with Gasteiger partial charge in [-0.2, -0.15) is 0 Å². The lowest BCUT2D eigenvalue weighted by atomic mass is 10.2. The number of piperazine rings is 1. The maximum absolute atomic E-state index is 5.96. The molecule has 0 radical (unpaired) electrons. The summed E-state index contributed by atoms with van der Waals surface area (Å²) in [6.07, 6.45) is 0. The van der Waals surface area contributed by atoms with Crippen molar-refractivity contribution >= 4 is 17.3 Å². The number of nitrogens with one attached hydrogen (secondary N) is 1. The zero-order chi connectivity index (χ0) is 9.97. The van der Waals surface area contributed by atoms with Gasteiger partial charge in [-0.25, -0.2) is 0 Å². The number of hydrogen-bond acceptors (Lipinski definition) is 2. The molecule has 0 aliphatic carbocycles. The van der Waals surface area contributed by atoms with Gasteiger partial charge in [0, 0.05) is 36.4 Å². The molecule has 0 saturated carbocycles. The quantitative estimate of drug-likeness (QED) is 0.764. The normalized spacial score (nSPS) is 22.4. The topological polar surface area (TPSA) is 15.3 Å². The highest BCUT2D eigenvalue weighted by atomic mass is 35.5. The minimum absolute atomic E-state index is 0.558. The van der Waals surface area contributed by atoms with Crippen LogP contribution in [0.3, 0.4) is 0 Å². The van der Waals surface area contributed by atoms with Gasteiger partial charge < -0.3 is 10.2 Å². The largest absolute Gasteiger partial charge is 0.369 e. The summed E-state index contributed by atoms with van der Waals surface area (Å²) in [6.45, 7) is 5.37. The molecular weight excluding hydrogens is 196 g/mol. The number of rotatable bonds is 1. The van der Waals surface area contributed by atoms with Crippen molar-refractivity contribution in [3.05, 3.63) is 29.3 Å². The van der Waals surface area contributed by atoms with Crippen molar-refractivity contribution in [1.82, 2.24) is 5.32 Å². The fourth-order valence-corrected chi connectivity index (χ4v) is 2.02. The van der Waals surface area contributed by atoms with Crippen LogP contribution in [0.15, 0.2) is 24.3 Å². The van der Waals surface area contributed by atoms with Crippen LogP contribution in [0, 0.1) is 0 Å². The van der Waals surface area contributed by atoms with Crippen LogP contribution in [0.1, 0.15) is 6.92 Å². The van der Waals surface area contributed by atoms with Gasteiger partial charge >= 0.3 is 0 Å². The second-order valence-electron chi connectivity index (χ2n) is 3.78. The van der Waals surface area contributed by atoms with Crippen LogP contribution < -0.4 is 10.2 Å². The highest BCUT2D eigenvalue weighted by molar-refractivity contribution is 6.30. The van der Waals surface area contributed by atoms with Gasteiger partial charge in [0.15, 0.2) is 0 Å². The van der Waals surface area contributed by atoms with E-state index in [9.17, 15) is 0 Å². The third-order valence-corrected chi connectivity index (χ3v) is 2.78. The third-order valence-electron chi connectivity index (χ3n) is 2.54. The molecule has 14 heavy (non-hydrogen) atoms. The first-order chi connectivity index (χ1) is 6.75. The molecule has 2 rings (SSSR count). The van der Waals surface area contributed by atoms with Crippen LogP contribution in [-0.2, 0) is 0 Å². The van der Waals surface area contributed by atoms with Gasteiger partial charge in [-0.3, -0.25) is 0 Å². The molecule has 1 aromatic rings. The average Bonchev–Trinajstić information content (AvgIpc) is 2.18. The molecule has 1 atom stereocenters. The molecule has 0 aromatic heterocycles. The first kappa shape index (κ1) is 9.81. The number of halogens is 1. The summed E-state index contributed by atoms with van der Waals surface area (Å²) in [5.41, 5.74) is 1.23. The number of hydrogen-bond donors (Lipinski definition) is 1. The Morgan fingerprint density at radius 3 is 3.07 bits per heavy atom. The van der Waals surface area contributed by atoms with Crippen molar-refractivity contribution in [2.45, 2.75) is 13.0 Å². The van der Waals surface area contributed by atoms with Crippen LogP contribution in [0.4, 0.5) is 5.69 Å². The molecule has 0 unspecified atom stereocenters. The van der Waals surface area contributed by atoms with E-state index in [0.29, 0.717) is 6.04 Å². The predicted molar refractivity (Wildman–Crippen MR) is 61.1 cm³/mol. The number of benzene rings is 1. The lowest BCUT2D eigenvalue weighted by Gasteiger charge is -2.33. The molecular formula is C11H15ClN2. The summed E-state index contributed by atoms with van der Waals surface area (Å²) in [5.74, 6) is 0. The molecule has 2 nitrogen and oxygen atoms in total. The highest BCUT2D eigenvalue weighted by Gasteiger charge is 2.15. The van der Waals surface area contributed by atoms with Gasteiger partial charge in [-0.15, -0.1) is 0 Å². The summed E-state index contributed by atoms with van der Waals surface area (Å²) in [6, 6.07) is 8.62. The molecule has 0 amide bonds. The van der Waals surface area contributed by atoms with Gasteiger partial charge in [-0.1, -0.05) is 17.7 Å².